The first-order valence-corrected chi connectivity index (χ1v) is 9.10. The number of benzene rings is 1. The molecule has 0 saturated carbocycles. The summed E-state index contributed by atoms with van der Waals surface area (Å²) in [5.74, 6) is 1.02. The Bertz CT molecular complexity index is 817. The van der Waals surface area contributed by atoms with E-state index in [-0.39, 0.29) is 31.2 Å². The van der Waals surface area contributed by atoms with Crippen molar-refractivity contribution in [3.8, 4) is 5.75 Å². The van der Waals surface area contributed by atoms with Gasteiger partial charge in [-0.1, -0.05) is 12.1 Å². The van der Waals surface area contributed by atoms with Crippen molar-refractivity contribution >= 4 is 17.8 Å². The van der Waals surface area contributed by atoms with Crippen LogP contribution in [0.3, 0.4) is 0 Å². The van der Waals surface area contributed by atoms with Gasteiger partial charge in [0.1, 0.15) is 17.6 Å². The lowest BCUT2D eigenvalue weighted by Gasteiger charge is -2.13. The Morgan fingerprint density at radius 2 is 2.04 bits per heavy atom. The number of hydrogen-bond acceptors (Lipinski definition) is 5. The molecule has 1 fully saturated rings. The molecule has 4 amide bonds. The lowest BCUT2D eigenvalue weighted by atomic mass is 10.1. The quantitative estimate of drug-likeness (QED) is 0.642. The van der Waals surface area contributed by atoms with Gasteiger partial charge in [-0.25, -0.2) is 4.79 Å². The number of carbonyl (C=O) groups is 3. The molecule has 1 aliphatic rings. The highest BCUT2D eigenvalue weighted by molar-refractivity contribution is 6.04. The number of urea groups is 1. The second-order valence-electron chi connectivity index (χ2n) is 6.49. The van der Waals surface area contributed by atoms with E-state index in [1.807, 2.05) is 6.07 Å². The van der Waals surface area contributed by atoms with E-state index >= 15 is 0 Å². The highest BCUT2D eigenvalue weighted by Gasteiger charge is 2.37. The monoisotopic (exact) mass is 385 g/mol. The van der Waals surface area contributed by atoms with E-state index < -0.39 is 12.1 Å². The van der Waals surface area contributed by atoms with E-state index in [1.54, 1.807) is 43.7 Å². The Morgan fingerprint density at radius 1 is 1.25 bits per heavy atom. The van der Waals surface area contributed by atoms with Crippen molar-refractivity contribution in [1.29, 1.82) is 0 Å². The maximum absolute atomic E-state index is 12.5. The summed E-state index contributed by atoms with van der Waals surface area (Å²) in [6.07, 6.45) is 2.61. The second kappa shape index (κ2) is 9.07. The standard InChI is InChI=1S/C20H23N3O5/c1-27-15-6-4-14(5-7-15)13-23-19(25)17(22-20(23)26)8-9-18(24)21-11-10-16-3-2-12-28-16/h2-7,12,17H,8-11,13H2,1H3,(H,21,24)(H,22,26). The third-order valence-electron chi connectivity index (χ3n) is 4.54. The average molecular weight is 385 g/mol. The minimum absolute atomic E-state index is 0.158. The van der Waals surface area contributed by atoms with Crippen molar-refractivity contribution in [2.75, 3.05) is 13.7 Å². The van der Waals surface area contributed by atoms with Crippen molar-refractivity contribution in [3.63, 3.8) is 0 Å². The smallest absolute Gasteiger partial charge is 0.325 e. The Kier molecular flexibility index (Phi) is 6.31. The van der Waals surface area contributed by atoms with E-state index in [0.29, 0.717) is 18.7 Å². The molecule has 2 heterocycles. The molecule has 8 heteroatoms. The van der Waals surface area contributed by atoms with Crippen molar-refractivity contribution in [3.05, 3.63) is 54.0 Å². The SMILES string of the molecule is COc1ccc(CN2C(=O)NC(CCC(=O)NCCc3ccco3)C2=O)cc1. The van der Waals surface area contributed by atoms with E-state index in [2.05, 4.69) is 10.6 Å². The first-order valence-electron chi connectivity index (χ1n) is 9.10. The van der Waals surface area contributed by atoms with E-state index in [4.69, 9.17) is 9.15 Å². The summed E-state index contributed by atoms with van der Waals surface area (Å²) in [6, 6.07) is 9.68. The summed E-state index contributed by atoms with van der Waals surface area (Å²) >= 11 is 0. The number of imide groups is 1. The molecule has 1 aromatic carbocycles. The van der Waals surface area contributed by atoms with Crippen LogP contribution in [0.4, 0.5) is 4.79 Å². The van der Waals surface area contributed by atoms with Crippen LogP contribution >= 0.6 is 0 Å². The molecular formula is C20H23N3O5. The Balaban J connectivity index is 1.44. The van der Waals surface area contributed by atoms with Crippen LogP contribution in [-0.4, -0.2) is 42.4 Å². The van der Waals surface area contributed by atoms with Crippen LogP contribution in [0, 0.1) is 0 Å². The molecule has 0 bridgehead atoms. The fourth-order valence-electron chi connectivity index (χ4n) is 2.98. The van der Waals surface area contributed by atoms with Gasteiger partial charge in [-0.05, 0) is 36.2 Å². The van der Waals surface area contributed by atoms with Crippen molar-refractivity contribution in [2.24, 2.45) is 0 Å². The third kappa shape index (κ3) is 4.91. The molecule has 148 valence electrons. The second-order valence-corrected chi connectivity index (χ2v) is 6.49. The number of rotatable bonds is 9. The van der Waals surface area contributed by atoms with E-state index in [9.17, 15) is 14.4 Å². The van der Waals surface area contributed by atoms with E-state index in [0.717, 1.165) is 11.3 Å². The molecule has 1 unspecified atom stereocenters. The zero-order valence-electron chi connectivity index (χ0n) is 15.6. The van der Waals surface area contributed by atoms with Crippen LogP contribution in [0.5, 0.6) is 5.75 Å². The molecule has 2 N–H and O–H groups in total. The summed E-state index contributed by atoms with van der Waals surface area (Å²) in [5.41, 5.74) is 0.820. The number of nitrogens with zero attached hydrogens (tertiary/aromatic N) is 1. The molecule has 2 aromatic rings. The molecule has 1 saturated heterocycles. The normalized spacial score (nSPS) is 16.2. The van der Waals surface area contributed by atoms with Gasteiger partial charge in [-0.2, -0.15) is 0 Å². The molecule has 3 rings (SSSR count). The molecule has 1 aromatic heterocycles. The number of furan rings is 1. The van der Waals surface area contributed by atoms with Gasteiger partial charge in [0.05, 0.1) is 19.9 Å². The highest BCUT2D eigenvalue weighted by atomic mass is 16.5. The number of methoxy groups -OCH3 is 1. The predicted octanol–water partition coefficient (Wildman–Crippen LogP) is 1.85. The maximum Gasteiger partial charge on any atom is 0.325 e. The molecule has 1 atom stereocenters. The van der Waals surface area contributed by atoms with Gasteiger partial charge in [0.2, 0.25) is 5.91 Å². The third-order valence-corrected chi connectivity index (χ3v) is 4.54. The van der Waals surface area contributed by atoms with Crippen molar-refractivity contribution < 1.29 is 23.5 Å². The Morgan fingerprint density at radius 3 is 2.71 bits per heavy atom. The molecule has 0 aliphatic carbocycles. The number of amides is 4. The summed E-state index contributed by atoms with van der Waals surface area (Å²) in [6.45, 7) is 0.640. The molecule has 28 heavy (non-hydrogen) atoms. The van der Waals surface area contributed by atoms with Crippen molar-refractivity contribution in [2.45, 2.75) is 31.8 Å². The van der Waals surface area contributed by atoms with Gasteiger partial charge < -0.3 is 19.8 Å². The van der Waals surface area contributed by atoms with Crippen LogP contribution in [0.25, 0.3) is 0 Å². The summed E-state index contributed by atoms with van der Waals surface area (Å²) in [7, 11) is 1.57. The highest BCUT2D eigenvalue weighted by Crippen LogP contribution is 2.17. The van der Waals surface area contributed by atoms with E-state index in [1.165, 1.54) is 4.90 Å². The number of nitrogens with one attached hydrogen (secondary N) is 2. The van der Waals surface area contributed by atoms with Crippen LogP contribution in [0.15, 0.2) is 47.1 Å². The molecular weight excluding hydrogens is 362 g/mol. The Hall–Kier alpha value is -3.29. The van der Waals surface area contributed by atoms with Gasteiger partial charge in [-0.3, -0.25) is 14.5 Å². The van der Waals surface area contributed by atoms with Crippen LogP contribution < -0.4 is 15.4 Å². The summed E-state index contributed by atoms with van der Waals surface area (Å²) in [5, 5.41) is 5.43. The predicted molar refractivity (Wildman–Crippen MR) is 101 cm³/mol. The minimum Gasteiger partial charge on any atom is -0.497 e. The fraction of sp³-hybridized carbons (Fsp3) is 0.350. The number of hydrogen-bond donors (Lipinski definition) is 2. The lowest BCUT2D eigenvalue weighted by Crippen LogP contribution is -2.33. The van der Waals surface area contributed by atoms with Gasteiger partial charge in [0.25, 0.3) is 5.91 Å². The molecule has 8 nitrogen and oxygen atoms in total. The summed E-state index contributed by atoms with van der Waals surface area (Å²) in [4.78, 5) is 37.8. The van der Waals surface area contributed by atoms with Gasteiger partial charge in [0.15, 0.2) is 0 Å². The zero-order valence-corrected chi connectivity index (χ0v) is 15.6. The lowest BCUT2D eigenvalue weighted by molar-refractivity contribution is -0.128. The van der Waals surface area contributed by atoms with Gasteiger partial charge >= 0.3 is 6.03 Å². The Labute approximate surface area is 162 Å². The summed E-state index contributed by atoms with van der Waals surface area (Å²) < 4.78 is 10.3. The number of carbonyl (C=O) groups excluding carboxylic acids is 3. The molecule has 1 aliphatic heterocycles. The van der Waals surface area contributed by atoms with Gasteiger partial charge in [-0.15, -0.1) is 0 Å². The van der Waals surface area contributed by atoms with Crippen molar-refractivity contribution in [1.82, 2.24) is 15.5 Å². The minimum atomic E-state index is -0.679. The van der Waals surface area contributed by atoms with Crippen LogP contribution in [0.1, 0.15) is 24.2 Å². The van der Waals surface area contributed by atoms with Crippen LogP contribution in [0.2, 0.25) is 0 Å². The first-order chi connectivity index (χ1) is 13.6. The number of ether oxygens (including phenoxy) is 1. The van der Waals surface area contributed by atoms with Crippen LogP contribution in [-0.2, 0) is 22.6 Å². The molecule has 0 spiro atoms. The van der Waals surface area contributed by atoms with Gasteiger partial charge in [0, 0.05) is 19.4 Å². The first kappa shape index (κ1) is 19.5. The largest absolute Gasteiger partial charge is 0.497 e. The zero-order chi connectivity index (χ0) is 19.9. The fourth-order valence-corrected chi connectivity index (χ4v) is 2.98. The topological polar surface area (TPSA) is 101 Å². The average Bonchev–Trinajstić information content (AvgIpc) is 3.31. The molecule has 0 radical (unpaired) electrons. The maximum atomic E-state index is 12.5.